The summed E-state index contributed by atoms with van der Waals surface area (Å²) in [6.45, 7) is 5.33. The van der Waals surface area contributed by atoms with Crippen LogP contribution >= 0.6 is 0 Å². The largest absolute Gasteiger partial charge is 0.490 e. The smallest absolute Gasteiger partial charge is 0.124 e. The van der Waals surface area contributed by atoms with Gasteiger partial charge in [0.1, 0.15) is 11.9 Å². The van der Waals surface area contributed by atoms with Gasteiger partial charge in [0.2, 0.25) is 0 Å². The number of hydrogen-bond acceptors (Lipinski definition) is 3. The number of ether oxygens (including phenoxy) is 1. The van der Waals surface area contributed by atoms with Crippen LogP contribution in [0.4, 0.5) is 0 Å². The van der Waals surface area contributed by atoms with Crippen LogP contribution in [0.5, 0.6) is 5.75 Å². The van der Waals surface area contributed by atoms with Gasteiger partial charge in [-0.3, -0.25) is 0 Å². The molecule has 0 aromatic heterocycles. The van der Waals surface area contributed by atoms with E-state index in [0.29, 0.717) is 12.0 Å². The lowest BCUT2D eigenvalue weighted by molar-refractivity contribution is 0.100. The molecule has 0 bridgehead atoms. The summed E-state index contributed by atoms with van der Waals surface area (Å²) in [6.07, 6.45) is 5.55. The molecule has 0 heterocycles. The molecule has 2 rings (SSSR count). The summed E-state index contributed by atoms with van der Waals surface area (Å²) in [5.74, 6) is 1.75. The minimum atomic E-state index is 0.391. The van der Waals surface area contributed by atoms with Crippen molar-refractivity contribution in [1.82, 2.24) is 10.2 Å². The maximum atomic E-state index is 6.36. The molecule has 0 saturated heterocycles. The molecular formula is C18H30N2O. The average Bonchev–Trinajstić information content (AvgIpc) is 2.49. The van der Waals surface area contributed by atoms with Gasteiger partial charge in [-0.05, 0) is 45.3 Å². The van der Waals surface area contributed by atoms with Gasteiger partial charge in [0.25, 0.3) is 0 Å². The molecule has 118 valence electrons. The summed E-state index contributed by atoms with van der Waals surface area (Å²) in [7, 11) is 4.16. The van der Waals surface area contributed by atoms with Gasteiger partial charge in [-0.25, -0.2) is 0 Å². The maximum Gasteiger partial charge on any atom is 0.124 e. The Bertz CT molecular complexity index is 421. The first-order chi connectivity index (χ1) is 10.2. The summed E-state index contributed by atoms with van der Waals surface area (Å²) >= 11 is 0. The summed E-state index contributed by atoms with van der Waals surface area (Å²) in [6, 6.07) is 8.51. The minimum Gasteiger partial charge on any atom is -0.490 e. The van der Waals surface area contributed by atoms with E-state index in [9.17, 15) is 0 Å². The Morgan fingerprint density at radius 2 is 2.00 bits per heavy atom. The summed E-state index contributed by atoms with van der Waals surface area (Å²) in [5, 5.41) is 3.20. The van der Waals surface area contributed by atoms with Gasteiger partial charge < -0.3 is 15.0 Å². The van der Waals surface area contributed by atoms with Crippen LogP contribution in [-0.4, -0.2) is 38.2 Å². The molecule has 0 spiro atoms. The number of para-hydroxylation sites is 1. The second kappa shape index (κ2) is 8.40. The predicted molar refractivity (Wildman–Crippen MR) is 88.8 cm³/mol. The molecule has 1 saturated carbocycles. The monoisotopic (exact) mass is 290 g/mol. The fourth-order valence-electron chi connectivity index (χ4n) is 3.04. The first kappa shape index (κ1) is 16.3. The van der Waals surface area contributed by atoms with E-state index in [2.05, 4.69) is 48.5 Å². The van der Waals surface area contributed by atoms with Gasteiger partial charge in [0.05, 0.1) is 0 Å². The fraction of sp³-hybridized carbons (Fsp3) is 0.667. The third-order valence-electron chi connectivity index (χ3n) is 4.47. The molecular weight excluding hydrogens is 260 g/mol. The molecule has 2 atom stereocenters. The van der Waals surface area contributed by atoms with Crippen molar-refractivity contribution >= 4 is 0 Å². The third-order valence-corrected chi connectivity index (χ3v) is 4.47. The third kappa shape index (κ3) is 5.01. The van der Waals surface area contributed by atoms with Crippen LogP contribution < -0.4 is 10.1 Å². The molecule has 1 aromatic carbocycles. The van der Waals surface area contributed by atoms with Crippen LogP contribution in [-0.2, 0) is 6.54 Å². The van der Waals surface area contributed by atoms with E-state index in [1.54, 1.807) is 0 Å². The zero-order valence-corrected chi connectivity index (χ0v) is 13.8. The van der Waals surface area contributed by atoms with Gasteiger partial charge in [0, 0.05) is 25.2 Å². The van der Waals surface area contributed by atoms with Gasteiger partial charge in [-0.15, -0.1) is 0 Å². The zero-order chi connectivity index (χ0) is 15.1. The first-order valence-corrected chi connectivity index (χ1v) is 8.28. The van der Waals surface area contributed by atoms with Crippen molar-refractivity contribution in [3.05, 3.63) is 29.8 Å². The second-order valence-corrected chi connectivity index (χ2v) is 6.37. The SMILES string of the molecule is CNCCN(C)Cc1ccccc1O[C@H]1CCCC[C@@H]1C. The average molecular weight is 290 g/mol. The Hall–Kier alpha value is -1.06. The lowest BCUT2D eigenvalue weighted by Crippen LogP contribution is -2.30. The molecule has 1 N–H and O–H groups in total. The van der Waals surface area contributed by atoms with Crippen molar-refractivity contribution in [1.29, 1.82) is 0 Å². The van der Waals surface area contributed by atoms with Crippen LogP contribution in [0.2, 0.25) is 0 Å². The normalized spacial score (nSPS) is 22.5. The van der Waals surface area contributed by atoms with Crippen molar-refractivity contribution < 1.29 is 4.74 Å². The Morgan fingerprint density at radius 1 is 1.24 bits per heavy atom. The summed E-state index contributed by atoms with van der Waals surface area (Å²) in [4.78, 5) is 2.34. The van der Waals surface area contributed by atoms with Crippen molar-refractivity contribution in [2.75, 3.05) is 27.2 Å². The van der Waals surface area contributed by atoms with Gasteiger partial charge in [0.15, 0.2) is 0 Å². The molecule has 3 nitrogen and oxygen atoms in total. The van der Waals surface area contributed by atoms with Crippen molar-refractivity contribution in [3.63, 3.8) is 0 Å². The van der Waals surface area contributed by atoms with Crippen LogP contribution in [0.3, 0.4) is 0 Å². The zero-order valence-electron chi connectivity index (χ0n) is 13.8. The quantitative estimate of drug-likeness (QED) is 0.834. The molecule has 1 aliphatic rings. The van der Waals surface area contributed by atoms with Crippen LogP contribution in [0.15, 0.2) is 24.3 Å². The Kier molecular flexibility index (Phi) is 6.52. The number of nitrogens with one attached hydrogen (secondary N) is 1. The number of rotatable bonds is 7. The summed E-state index contributed by atoms with van der Waals surface area (Å²) < 4.78 is 6.36. The number of nitrogens with zero attached hydrogens (tertiary/aromatic N) is 1. The van der Waals surface area contributed by atoms with Crippen molar-refractivity contribution in [2.24, 2.45) is 5.92 Å². The number of likely N-dealkylation sites (N-methyl/N-ethyl adjacent to an activating group) is 2. The van der Waals surface area contributed by atoms with Gasteiger partial charge >= 0.3 is 0 Å². The summed E-state index contributed by atoms with van der Waals surface area (Å²) in [5.41, 5.74) is 1.30. The molecule has 1 aromatic rings. The Labute approximate surface area is 129 Å². The molecule has 0 unspecified atom stereocenters. The standard InChI is InChI=1S/C18H30N2O/c1-15-8-4-6-10-17(15)21-18-11-7-5-9-16(18)14-20(3)13-12-19-2/h5,7,9,11,15,17,19H,4,6,8,10,12-14H2,1-3H3/t15-,17-/m0/s1. The molecule has 0 radical (unpaired) electrons. The Morgan fingerprint density at radius 3 is 2.76 bits per heavy atom. The van der Waals surface area contributed by atoms with E-state index >= 15 is 0 Å². The number of benzene rings is 1. The van der Waals surface area contributed by atoms with Gasteiger partial charge in [-0.2, -0.15) is 0 Å². The number of hydrogen-bond donors (Lipinski definition) is 1. The first-order valence-electron chi connectivity index (χ1n) is 8.28. The fourth-order valence-corrected chi connectivity index (χ4v) is 3.04. The molecule has 1 fully saturated rings. The van der Waals surface area contributed by atoms with Crippen LogP contribution in [0.1, 0.15) is 38.2 Å². The lowest BCUT2D eigenvalue weighted by atomic mass is 9.88. The molecule has 0 amide bonds. The van der Waals surface area contributed by atoms with E-state index < -0.39 is 0 Å². The molecule has 21 heavy (non-hydrogen) atoms. The highest BCUT2D eigenvalue weighted by molar-refractivity contribution is 5.33. The Balaban J connectivity index is 1.99. The molecule has 3 heteroatoms. The highest BCUT2D eigenvalue weighted by Gasteiger charge is 2.23. The van der Waals surface area contributed by atoms with E-state index in [-0.39, 0.29) is 0 Å². The van der Waals surface area contributed by atoms with Crippen molar-refractivity contribution in [3.8, 4) is 5.75 Å². The van der Waals surface area contributed by atoms with E-state index in [1.165, 1.54) is 31.2 Å². The van der Waals surface area contributed by atoms with Gasteiger partial charge in [-0.1, -0.05) is 31.5 Å². The highest BCUT2D eigenvalue weighted by Crippen LogP contribution is 2.30. The molecule has 1 aliphatic carbocycles. The highest BCUT2D eigenvalue weighted by atomic mass is 16.5. The van der Waals surface area contributed by atoms with E-state index in [0.717, 1.165) is 25.4 Å². The van der Waals surface area contributed by atoms with Crippen LogP contribution in [0, 0.1) is 5.92 Å². The predicted octanol–water partition coefficient (Wildman–Crippen LogP) is 3.30. The van der Waals surface area contributed by atoms with E-state index in [4.69, 9.17) is 4.74 Å². The van der Waals surface area contributed by atoms with Crippen molar-refractivity contribution in [2.45, 2.75) is 45.3 Å². The lowest BCUT2D eigenvalue weighted by Gasteiger charge is -2.30. The van der Waals surface area contributed by atoms with Crippen LogP contribution in [0.25, 0.3) is 0 Å². The second-order valence-electron chi connectivity index (χ2n) is 6.37. The molecule has 0 aliphatic heterocycles. The maximum absolute atomic E-state index is 6.36. The topological polar surface area (TPSA) is 24.5 Å². The van der Waals surface area contributed by atoms with E-state index in [1.807, 2.05) is 7.05 Å². The minimum absolute atomic E-state index is 0.391.